The van der Waals surface area contributed by atoms with Crippen LogP contribution in [0.15, 0.2) is 16.7 Å². The second-order valence-corrected chi connectivity index (χ2v) is 2.78. The first kappa shape index (κ1) is 8.02. The van der Waals surface area contributed by atoms with Crippen LogP contribution < -0.4 is 0 Å². The SMILES string of the molecule is N#CCc1nccc(Br)c1O. The van der Waals surface area contributed by atoms with E-state index in [1.807, 2.05) is 6.07 Å². The van der Waals surface area contributed by atoms with Crippen molar-refractivity contribution in [3.05, 3.63) is 22.4 Å². The Kier molecular flexibility index (Phi) is 2.44. The van der Waals surface area contributed by atoms with Gasteiger partial charge in [0.05, 0.1) is 22.7 Å². The van der Waals surface area contributed by atoms with Crippen LogP contribution in [0.1, 0.15) is 5.69 Å². The van der Waals surface area contributed by atoms with Gasteiger partial charge in [0.15, 0.2) is 5.75 Å². The van der Waals surface area contributed by atoms with E-state index >= 15 is 0 Å². The average molecular weight is 213 g/mol. The predicted octanol–water partition coefficient (Wildman–Crippen LogP) is 1.62. The largest absolute Gasteiger partial charge is 0.505 e. The highest BCUT2D eigenvalue weighted by molar-refractivity contribution is 9.10. The Morgan fingerprint density at radius 3 is 3.09 bits per heavy atom. The minimum absolute atomic E-state index is 0.0500. The number of nitriles is 1. The van der Waals surface area contributed by atoms with Crippen LogP contribution in [0.3, 0.4) is 0 Å². The van der Waals surface area contributed by atoms with Crippen LogP contribution in [0.25, 0.3) is 0 Å². The molecule has 0 amide bonds. The number of rotatable bonds is 1. The fourth-order valence-corrected chi connectivity index (χ4v) is 1.02. The van der Waals surface area contributed by atoms with Gasteiger partial charge in [-0.05, 0) is 22.0 Å². The average Bonchev–Trinajstić information content (AvgIpc) is 1.99. The Balaban J connectivity index is 3.08. The van der Waals surface area contributed by atoms with E-state index in [0.717, 1.165) is 0 Å². The molecule has 3 nitrogen and oxygen atoms in total. The molecule has 0 saturated carbocycles. The normalized spacial score (nSPS) is 9.09. The molecule has 0 unspecified atom stereocenters. The first-order valence-electron chi connectivity index (χ1n) is 2.95. The van der Waals surface area contributed by atoms with Gasteiger partial charge in [-0.25, -0.2) is 0 Å². The lowest BCUT2D eigenvalue weighted by molar-refractivity contribution is 0.462. The first-order chi connectivity index (χ1) is 5.25. The molecule has 1 heterocycles. The summed E-state index contributed by atoms with van der Waals surface area (Å²) in [5.41, 5.74) is 0.405. The van der Waals surface area contributed by atoms with E-state index in [-0.39, 0.29) is 12.2 Å². The molecule has 0 aromatic carbocycles. The Labute approximate surface area is 72.4 Å². The Morgan fingerprint density at radius 2 is 2.45 bits per heavy atom. The number of aromatic nitrogens is 1. The van der Waals surface area contributed by atoms with Crippen LogP contribution in [-0.2, 0) is 6.42 Å². The third-order valence-electron chi connectivity index (χ3n) is 1.20. The molecule has 0 bridgehead atoms. The number of halogens is 1. The number of aromatic hydroxyl groups is 1. The van der Waals surface area contributed by atoms with E-state index < -0.39 is 0 Å². The maximum Gasteiger partial charge on any atom is 0.152 e. The van der Waals surface area contributed by atoms with Crippen molar-refractivity contribution in [1.29, 1.82) is 5.26 Å². The van der Waals surface area contributed by atoms with Crippen LogP contribution in [0.2, 0.25) is 0 Å². The highest BCUT2D eigenvalue weighted by Crippen LogP contribution is 2.25. The minimum Gasteiger partial charge on any atom is -0.505 e. The van der Waals surface area contributed by atoms with Gasteiger partial charge >= 0.3 is 0 Å². The van der Waals surface area contributed by atoms with Crippen LogP contribution in [0, 0.1) is 11.3 Å². The lowest BCUT2D eigenvalue weighted by atomic mass is 10.3. The van der Waals surface area contributed by atoms with E-state index in [0.29, 0.717) is 10.2 Å². The topological polar surface area (TPSA) is 56.9 Å². The third-order valence-corrected chi connectivity index (χ3v) is 1.84. The predicted molar refractivity (Wildman–Crippen MR) is 42.9 cm³/mol. The molecule has 0 saturated heterocycles. The highest BCUT2D eigenvalue weighted by atomic mass is 79.9. The number of nitrogens with zero attached hydrogens (tertiary/aromatic N) is 2. The summed E-state index contributed by atoms with van der Waals surface area (Å²) < 4.78 is 0.567. The van der Waals surface area contributed by atoms with Crippen LogP contribution in [0.4, 0.5) is 0 Å². The smallest absolute Gasteiger partial charge is 0.152 e. The maximum absolute atomic E-state index is 9.27. The molecule has 0 aliphatic rings. The van der Waals surface area contributed by atoms with Crippen LogP contribution in [0.5, 0.6) is 5.75 Å². The molecule has 0 aliphatic heterocycles. The van der Waals surface area contributed by atoms with Crippen LogP contribution in [-0.4, -0.2) is 10.1 Å². The molecular weight excluding hydrogens is 208 g/mol. The standard InChI is InChI=1S/C7H5BrN2O/c8-5-2-4-10-6(1-3-9)7(5)11/h2,4,11H,1H2. The van der Waals surface area contributed by atoms with Crippen molar-refractivity contribution >= 4 is 15.9 Å². The number of pyridine rings is 1. The summed E-state index contributed by atoms with van der Waals surface area (Å²) in [5, 5.41) is 17.6. The van der Waals surface area contributed by atoms with Gasteiger partial charge in [0.2, 0.25) is 0 Å². The van der Waals surface area contributed by atoms with Gasteiger partial charge in [0.1, 0.15) is 0 Å². The summed E-state index contributed by atoms with van der Waals surface area (Å²) in [5.74, 6) is 0.0500. The van der Waals surface area contributed by atoms with Crippen molar-refractivity contribution in [1.82, 2.24) is 4.98 Å². The van der Waals surface area contributed by atoms with E-state index in [4.69, 9.17) is 5.26 Å². The molecule has 0 radical (unpaired) electrons. The molecule has 56 valence electrons. The van der Waals surface area contributed by atoms with E-state index in [1.165, 1.54) is 6.20 Å². The quantitative estimate of drug-likeness (QED) is 0.770. The lowest BCUT2D eigenvalue weighted by Crippen LogP contribution is -1.87. The number of hydrogen-bond acceptors (Lipinski definition) is 3. The second kappa shape index (κ2) is 3.35. The maximum atomic E-state index is 9.27. The molecular formula is C7H5BrN2O. The number of hydrogen-bond donors (Lipinski definition) is 1. The molecule has 0 fully saturated rings. The van der Waals surface area contributed by atoms with Crippen molar-refractivity contribution in [2.75, 3.05) is 0 Å². The monoisotopic (exact) mass is 212 g/mol. The molecule has 0 spiro atoms. The Bertz CT molecular complexity index is 306. The zero-order valence-corrected chi connectivity index (χ0v) is 7.17. The second-order valence-electron chi connectivity index (χ2n) is 1.92. The summed E-state index contributed by atoms with van der Waals surface area (Å²) >= 11 is 3.12. The van der Waals surface area contributed by atoms with Crippen molar-refractivity contribution in [2.24, 2.45) is 0 Å². The zero-order chi connectivity index (χ0) is 8.27. The Hall–Kier alpha value is -1.08. The summed E-state index contributed by atoms with van der Waals surface area (Å²) in [4.78, 5) is 3.83. The molecule has 1 aromatic rings. The molecule has 1 N–H and O–H groups in total. The molecule has 11 heavy (non-hydrogen) atoms. The van der Waals surface area contributed by atoms with E-state index in [1.54, 1.807) is 6.07 Å². The fourth-order valence-electron chi connectivity index (χ4n) is 0.675. The first-order valence-corrected chi connectivity index (χ1v) is 3.74. The van der Waals surface area contributed by atoms with Gasteiger partial charge in [-0.1, -0.05) is 0 Å². The summed E-state index contributed by atoms with van der Waals surface area (Å²) in [7, 11) is 0. The van der Waals surface area contributed by atoms with Crippen molar-refractivity contribution in [3.63, 3.8) is 0 Å². The van der Waals surface area contributed by atoms with Gasteiger partial charge in [-0.3, -0.25) is 4.98 Å². The molecule has 4 heteroatoms. The van der Waals surface area contributed by atoms with Crippen LogP contribution >= 0.6 is 15.9 Å². The van der Waals surface area contributed by atoms with Gasteiger partial charge in [-0.2, -0.15) is 5.26 Å². The fraction of sp³-hybridized carbons (Fsp3) is 0.143. The molecule has 1 aromatic heterocycles. The lowest BCUT2D eigenvalue weighted by Gasteiger charge is -1.99. The van der Waals surface area contributed by atoms with Gasteiger partial charge in [0.25, 0.3) is 0 Å². The molecule has 0 aliphatic carbocycles. The van der Waals surface area contributed by atoms with Gasteiger partial charge in [0, 0.05) is 6.20 Å². The molecule has 0 atom stereocenters. The van der Waals surface area contributed by atoms with Crippen molar-refractivity contribution in [3.8, 4) is 11.8 Å². The third kappa shape index (κ3) is 1.69. The molecule has 1 rings (SSSR count). The van der Waals surface area contributed by atoms with Gasteiger partial charge < -0.3 is 5.11 Å². The van der Waals surface area contributed by atoms with E-state index in [9.17, 15) is 5.11 Å². The zero-order valence-electron chi connectivity index (χ0n) is 5.58. The van der Waals surface area contributed by atoms with Gasteiger partial charge in [-0.15, -0.1) is 0 Å². The van der Waals surface area contributed by atoms with Crippen molar-refractivity contribution < 1.29 is 5.11 Å². The highest BCUT2D eigenvalue weighted by Gasteiger charge is 2.04. The summed E-state index contributed by atoms with van der Waals surface area (Å²) in [6.07, 6.45) is 1.67. The summed E-state index contributed by atoms with van der Waals surface area (Å²) in [6, 6.07) is 3.53. The van der Waals surface area contributed by atoms with E-state index in [2.05, 4.69) is 20.9 Å². The minimum atomic E-state index is 0.0500. The van der Waals surface area contributed by atoms with Crippen molar-refractivity contribution in [2.45, 2.75) is 6.42 Å². The summed E-state index contributed by atoms with van der Waals surface area (Å²) in [6.45, 7) is 0. The Morgan fingerprint density at radius 1 is 1.73 bits per heavy atom.